The first kappa shape index (κ1) is 15.2. The first-order valence-corrected chi connectivity index (χ1v) is 8.24. The molecule has 0 N–H and O–H groups in total. The van der Waals surface area contributed by atoms with Crippen LogP contribution in [0.5, 0.6) is 5.75 Å². The average Bonchev–Trinajstić information content (AvgIpc) is 2.74. The molecule has 1 aromatic rings. The first-order valence-electron chi connectivity index (χ1n) is 7.26. The van der Waals surface area contributed by atoms with Crippen molar-refractivity contribution in [2.75, 3.05) is 20.2 Å². The van der Waals surface area contributed by atoms with Crippen LogP contribution in [0.4, 0.5) is 4.79 Å². The molecule has 2 rings (SSSR count). The number of carbonyl (C=O) groups is 1. The number of nitrogens with zero attached hydrogens (tertiary/aromatic N) is 1. The van der Waals surface area contributed by atoms with Crippen LogP contribution in [0.15, 0.2) is 18.2 Å². The number of benzene rings is 1. The molecule has 0 spiro atoms. The minimum atomic E-state index is 0.223. The van der Waals surface area contributed by atoms with E-state index in [-0.39, 0.29) is 5.24 Å². The predicted octanol–water partition coefficient (Wildman–Crippen LogP) is 4.23. The van der Waals surface area contributed by atoms with E-state index in [1.165, 1.54) is 30.2 Å². The molecule has 0 aromatic heterocycles. The van der Waals surface area contributed by atoms with Crippen molar-refractivity contribution in [3.63, 3.8) is 0 Å². The topological polar surface area (TPSA) is 29.5 Å². The molecule has 1 aliphatic rings. The number of methoxy groups -OCH3 is 1. The van der Waals surface area contributed by atoms with Gasteiger partial charge in [0.1, 0.15) is 5.75 Å². The van der Waals surface area contributed by atoms with Gasteiger partial charge in [0.05, 0.1) is 7.11 Å². The summed E-state index contributed by atoms with van der Waals surface area (Å²) in [4.78, 5) is 14.2. The quantitative estimate of drug-likeness (QED) is 0.835. The van der Waals surface area contributed by atoms with E-state index < -0.39 is 0 Å². The molecule has 0 bridgehead atoms. The number of carbonyl (C=O) groups excluding carboxylic acids is 1. The van der Waals surface area contributed by atoms with E-state index in [0.29, 0.717) is 0 Å². The lowest BCUT2D eigenvalue weighted by Gasteiger charge is -2.19. The minimum Gasteiger partial charge on any atom is -0.496 e. The molecule has 1 fully saturated rings. The molecule has 0 radical (unpaired) electrons. The van der Waals surface area contributed by atoms with Gasteiger partial charge in [-0.25, -0.2) is 0 Å². The molecular weight excluding hydrogens is 270 g/mol. The zero-order valence-corrected chi connectivity index (χ0v) is 13.2. The Labute approximate surface area is 125 Å². The molecule has 0 atom stereocenters. The summed E-state index contributed by atoms with van der Waals surface area (Å²) >= 11 is 1.41. The van der Waals surface area contributed by atoms with Gasteiger partial charge in [-0.05, 0) is 37.0 Å². The second kappa shape index (κ2) is 7.58. The standard InChI is InChI=1S/C16H23NO2S/c1-13-11-14(7-8-15(13)19-2)12-20-16(18)17-9-5-3-4-6-10-17/h7-8,11H,3-6,9-10,12H2,1-2H3. The summed E-state index contributed by atoms with van der Waals surface area (Å²) in [7, 11) is 1.68. The highest BCUT2D eigenvalue weighted by Crippen LogP contribution is 2.23. The van der Waals surface area contributed by atoms with E-state index >= 15 is 0 Å². The van der Waals surface area contributed by atoms with E-state index in [1.807, 2.05) is 24.0 Å². The fraction of sp³-hybridized carbons (Fsp3) is 0.562. The molecular formula is C16H23NO2S. The number of likely N-dealkylation sites (tertiary alicyclic amines) is 1. The second-order valence-electron chi connectivity index (χ2n) is 5.26. The summed E-state index contributed by atoms with van der Waals surface area (Å²) in [6.07, 6.45) is 4.81. The summed E-state index contributed by atoms with van der Waals surface area (Å²) in [6.45, 7) is 3.88. The number of thioether (sulfide) groups is 1. The minimum absolute atomic E-state index is 0.223. The van der Waals surface area contributed by atoms with Gasteiger partial charge < -0.3 is 9.64 Å². The third kappa shape index (κ3) is 4.17. The zero-order valence-electron chi connectivity index (χ0n) is 12.4. The Hall–Kier alpha value is -1.16. The Bertz CT molecular complexity index is 454. The summed E-state index contributed by atoms with van der Waals surface area (Å²) in [5.41, 5.74) is 2.30. The maximum Gasteiger partial charge on any atom is 0.281 e. The van der Waals surface area contributed by atoms with Gasteiger partial charge in [0.2, 0.25) is 0 Å². The van der Waals surface area contributed by atoms with Gasteiger partial charge in [0.15, 0.2) is 0 Å². The molecule has 4 heteroatoms. The SMILES string of the molecule is COc1ccc(CSC(=O)N2CCCCCC2)cc1C. The Balaban J connectivity index is 1.87. The Morgan fingerprint density at radius 1 is 1.25 bits per heavy atom. The lowest BCUT2D eigenvalue weighted by Crippen LogP contribution is -2.28. The van der Waals surface area contributed by atoms with Gasteiger partial charge >= 0.3 is 0 Å². The van der Waals surface area contributed by atoms with Gasteiger partial charge in [-0.15, -0.1) is 0 Å². The van der Waals surface area contributed by atoms with Crippen LogP contribution >= 0.6 is 11.8 Å². The maximum absolute atomic E-state index is 12.2. The third-order valence-corrected chi connectivity index (χ3v) is 4.67. The van der Waals surface area contributed by atoms with E-state index in [2.05, 4.69) is 6.07 Å². The van der Waals surface area contributed by atoms with Crippen LogP contribution < -0.4 is 4.74 Å². The number of hydrogen-bond acceptors (Lipinski definition) is 3. The number of aryl methyl sites for hydroxylation is 1. The molecule has 1 heterocycles. The molecule has 0 saturated carbocycles. The van der Waals surface area contributed by atoms with Gasteiger partial charge in [0, 0.05) is 18.8 Å². The van der Waals surface area contributed by atoms with Crippen molar-refractivity contribution in [2.24, 2.45) is 0 Å². The molecule has 1 amide bonds. The Morgan fingerprint density at radius 3 is 2.55 bits per heavy atom. The maximum atomic E-state index is 12.2. The monoisotopic (exact) mass is 293 g/mol. The number of ether oxygens (including phenoxy) is 1. The highest BCUT2D eigenvalue weighted by molar-refractivity contribution is 8.12. The second-order valence-corrected chi connectivity index (χ2v) is 6.19. The highest BCUT2D eigenvalue weighted by atomic mass is 32.2. The smallest absolute Gasteiger partial charge is 0.281 e. The lowest BCUT2D eigenvalue weighted by atomic mass is 10.1. The fourth-order valence-electron chi connectivity index (χ4n) is 2.52. The molecule has 1 aliphatic heterocycles. The van der Waals surface area contributed by atoms with Crippen LogP contribution in [-0.4, -0.2) is 30.3 Å². The molecule has 20 heavy (non-hydrogen) atoms. The van der Waals surface area contributed by atoms with E-state index in [9.17, 15) is 4.79 Å². The van der Waals surface area contributed by atoms with E-state index in [0.717, 1.165) is 43.0 Å². The number of hydrogen-bond donors (Lipinski definition) is 0. The van der Waals surface area contributed by atoms with E-state index in [1.54, 1.807) is 7.11 Å². The van der Waals surface area contributed by atoms with Crippen LogP contribution in [0.2, 0.25) is 0 Å². The third-order valence-electron chi connectivity index (χ3n) is 3.69. The van der Waals surface area contributed by atoms with Crippen molar-refractivity contribution in [1.82, 2.24) is 4.90 Å². The Kier molecular flexibility index (Phi) is 5.77. The van der Waals surface area contributed by atoms with Crippen LogP contribution in [-0.2, 0) is 5.75 Å². The van der Waals surface area contributed by atoms with Gasteiger partial charge in [0.25, 0.3) is 5.24 Å². The summed E-state index contributed by atoms with van der Waals surface area (Å²) in [5.74, 6) is 1.64. The van der Waals surface area contributed by atoms with Crippen molar-refractivity contribution in [3.05, 3.63) is 29.3 Å². The average molecular weight is 293 g/mol. The van der Waals surface area contributed by atoms with Crippen LogP contribution in [0, 0.1) is 6.92 Å². The fourth-order valence-corrected chi connectivity index (χ4v) is 3.35. The van der Waals surface area contributed by atoms with Crippen molar-refractivity contribution in [3.8, 4) is 5.75 Å². The molecule has 0 aliphatic carbocycles. The molecule has 1 saturated heterocycles. The van der Waals surface area contributed by atoms with E-state index in [4.69, 9.17) is 4.74 Å². The first-order chi connectivity index (χ1) is 9.70. The molecule has 110 valence electrons. The largest absolute Gasteiger partial charge is 0.496 e. The zero-order chi connectivity index (χ0) is 14.4. The van der Waals surface area contributed by atoms with Gasteiger partial charge in [-0.2, -0.15) is 0 Å². The Morgan fingerprint density at radius 2 is 1.95 bits per heavy atom. The van der Waals surface area contributed by atoms with Crippen molar-refractivity contribution < 1.29 is 9.53 Å². The highest BCUT2D eigenvalue weighted by Gasteiger charge is 2.15. The van der Waals surface area contributed by atoms with Crippen LogP contribution in [0.1, 0.15) is 36.8 Å². The molecule has 0 unspecified atom stereocenters. The summed E-state index contributed by atoms with van der Waals surface area (Å²) in [5, 5.41) is 0.223. The number of rotatable bonds is 3. The summed E-state index contributed by atoms with van der Waals surface area (Å²) in [6, 6.07) is 6.11. The van der Waals surface area contributed by atoms with Crippen molar-refractivity contribution in [2.45, 2.75) is 38.4 Å². The van der Waals surface area contributed by atoms with Gasteiger partial charge in [-0.3, -0.25) is 4.79 Å². The number of amides is 1. The summed E-state index contributed by atoms with van der Waals surface area (Å²) < 4.78 is 5.25. The van der Waals surface area contributed by atoms with Crippen molar-refractivity contribution >= 4 is 17.0 Å². The normalized spacial score (nSPS) is 15.8. The predicted molar refractivity (Wildman–Crippen MR) is 84.5 cm³/mol. The van der Waals surface area contributed by atoms with Crippen molar-refractivity contribution in [1.29, 1.82) is 0 Å². The molecule has 3 nitrogen and oxygen atoms in total. The van der Waals surface area contributed by atoms with Crippen LogP contribution in [0.3, 0.4) is 0 Å². The molecule has 1 aromatic carbocycles. The van der Waals surface area contributed by atoms with Gasteiger partial charge in [-0.1, -0.05) is 36.7 Å². The van der Waals surface area contributed by atoms with Crippen LogP contribution in [0.25, 0.3) is 0 Å². The lowest BCUT2D eigenvalue weighted by molar-refractivity contribution is 0.225.